The number of nitrogens with one attached hydrogen (secondary N) is 1. The van der Waals surface area contributed by atoms with E-state index in [9.17, 15) is 17.6 Å². The molecule has 0 unspecified atom stereocenters. The number of hydrogen-bond acceptors (Lipinski definition) is 8. The molecule has 4 rings (SSSR count). The van der Waals surface area contributed by atoms with Crippen molar-refractivity contribution in [2.75, 3.05) is 37.7 Å². The number of hydrogen-bond donors (Lipinski definition) is 2. The van der Waals surface area contributed by atoms with Crippen LogP contribution in [0.1, 0.15) is 12.2 Å². The summed E-state index contributed by atoms with van der Waals surface area (Å²) >= 11 is 0. The summed E-state index contributed by atoms with van der Waals surface area (Å²) < 4.78 is 50.5. The maximum absolute atomic E-state index is 13.3. The molecule has 3 aromatic rings. The lowest BCUT2D eigenvalue weighted by molar-refractivity contribution is -0.192. The molecule has 1 saturated heterocycles. The van der Waals surface area contributed by atoms with Gasteiger partial charge in [0.2, 0.25) is 0 Å². The van der Waals surface area contributed by atoms with E-state index in [1.807, 2.05) is 12.1 Å². The second kappa shape index (κ2) is 12.2. The topological polar surface area (TPSA) is 124 Å². The first kappa shape index (κ1) is 26.7. The van der Waals surface area contributed by atoms with Gasteiger partial charge in [-0.15, -0.1) is 0 Å². The van der Waals surface area contributed by atoms with Crippen LogP contribution in [0.25, 0.3) is 22.3 Å². The van der Waals surface area contributed by atoms with Gasteiger partial charge in [-0.05, 0) is 36.4 Å². The Balaban J connectivity index is 0.000000454. The molecule has 13 heteroatoms. The van der Waals surface area contributed by atoms with Crippen molar-refractivity contribution >= 4 is 22.8 Å². The van der Waals surface area contributed by atoms with Gasteiger partial charge in [0.1, 0.15) is 17.2 Å². The monoisotopic (exact) mass is 506 g/mol. The Morgan fingerprint density at radius 3 is 2.39 bits per heavy atom. The molecule has 0 radical (unpaired) electrons. The fourth-order valence-electron chi connectivity index (χ4n) is 3.25. The Morgan fingerprint density at radius 1 is 1.11 bits per heavy atom. The van der Waals surface area contributed by atoms with E-state index in [4.69, 9.17) is 29.9 Å². The number of anilines is 1. The number of aromatic nitrogens is 3. The molecule has 0 saturated carbocycles. The van der Waals surface area contributed by atoms with Gasteiger partial charge in [0, 0.05) is 31.6 Å². The van der Waals surface area contributed by atoms with Crippen LogP contribution in [0.4, 0.5) is 23.4 Å². The van der Waals surface area contributed by atoms with E-state index in [2.05, 4.69) is 21.3 Å². The highest BCUT2D eigenvalue weighted by Crippen LogP contribution is 2.27. The van der Waals surface area contributed by atoms with Gasteiger partial charge in [0.25, 0.3) is 0 Å². The summed E-state index contributed by atoms with van der Waals surface area (Å²) in [6, 6.07) is 12.2. The Morgan fingerprint density at radius 2 is 1.78 bits per heavy atom. The lowest BCUT2D eigenvalue weighted by Crippen LogP contribution is -2.37. The average Bonchev–Trinajstić information content (AvgIpc) is 2.87. The number of nitriles is 1. The molecule has 2 N–H and O–H groups in total. The summed E-state index contributed by atoms with van der Waals surface area (Å²) in [5, 5.41) is 19.0. The van der Waals surface area contributed by atoms with Crippen molar-refractivity contribution in [3.63, 3.8) is 0 Å². The van der Waals surface area contributed by atoms with Gasteiger partial charge in [-0.3, -0.25) is 0 Å². The highest BCUT2D eigenvalue weighted by molar-refractivity contribution is 5.87. The van der Waals surface area contributed by atoms with E-state index < -0.39 is 12.1 Å². The molecule has 36 heavy (non-hydrogen) atoms. The third-order valence-electron chi connectivity index (χ3n) is 4.96. The molecule has 1 fully saturated rings. The quantitative estimate of drug-likeness (QED) is 0.383. The van der Waals surface area contributed by atoms with Gasteiger partial charge in [-0.25, -0.2) is 24.1 Å². The summed E-state index contributed by atoms with van der Waals surface area (Å²) in [7, 11) is 0. The van der Waals surface area contributed by atoms with Gasteiger partial charge in [-0.1, -0.05) is 0 Å². The summed E-state index contributed by atoms with van der Waals surface area (Å²) in [6.45, 7) is 3.81. The Bertz CT molecular complexity index is 1230. The van der Waals surface area contributed by atoms with Crippen molar-refractivity contribution in [3.8, 4) is 17.3 Å². The number of ether oxygens (including phenoxy) is 1. The van der Waals surface area contributed by atoms with Gasteiger partial charge in [0.15, 0.2) is 5.82 Å². The summed E-state index contributed by atoms with van der Waals surface area (Å²) in [4.78, 5) is 25.3. The van der Waals surface area contributed by atoms with E-state index >= 15 is 0 Å². The molecule has 3 heterocycles. The smallest absolute Gasteiger partial charge is 0.475 e. The number of halogens is 4. The lowest BCUT2D eigenvalue weighted by atomic mass is 10.1. The van der Waals surface area contributed by atoms with E-state index in [0.29, 0.717) is 38.5 Å². The number of pyridine rings is 1. The van der Waals surface area contributed by atoms with Gasteiger partial charge in [0.05, 0.1) is 37.0 Å². The first-order valence-corrected chi connectivity index (χ1v) is 10.8. The number of rotatable bonds is 6. The van der Waals surface area contributed by atoms with E-state index in [1.165, 1.54) is 12.1 Å². The lowest BCUT2D eigenvalue weighted by Gasteiger charge is -2.28. The molecule has 0 aliphatic carbocycles. The fourth-order valence-corrected chi connectivity index (χ4v) is 3.25. The Hall–Kier alpha value is -3.89. The number of fused-ring (bicyclic) bond motifs is 1. The van der Waals surface area contributed by atoms with Crippen molar-refractivity contribution in [3.05, 3.63) is 48.0 Å². The van der Waals surface area contributed by atoms with Crippen LogP contribution in [0.3, 0.4) is 0 Å². The molecular formula is C23H22F4N6O3. The molecule has 0 atom stereocenters. The number of alkyl halides is 3. The minimum atomic E-state index is -5.08. The molecular weight excluding hydrogens is 484 g/mol. The average molecular weight is 506 g/mol. The molecule has 0 amide bonds. The van der Waals surface area contributed by atoms with Crippen molar-refractivity contribution < 1.29 is 32.2 Å². The van der Waals surface area contributed by atoms with E-state index in [-0.39, 0.29) is 5.82 Å². The highest BCUT2D eigenvalue weighted by Gasteiger charge is 2.38. The number of carboxylic acid groups (broad SMARTS) is 1. The first-order chi connectivity index (χ1) is 17.2. The number of aliphatic carboxylic acids is 1. The molecule has 1 aliphatic rings. The molecule has 190 valence electrons. The summed E-state index contributed by atoms with van der Waals surface area (Å²) in [5.74, 6) is -1.60. The Labute approximate surface area is 203 Å². The van der Waals surface area contributed by atoms with Crippen LogP contribution < -0.4 is 10.2 Å². The van der Waals surface area contributed by atoms with Crippen LogP contribution in [-0.4, -0.2) is 65.1 Å². The standard InChI is InChI=1S/C21H21FN6O.C2HF3O2/c22-16-4-2-15(3-5-16)17-6-7-18-20(26-17)21(28-10-12-29-13-11-28)27-19(25-18)14-24-9-1-8-23;3-2(4,5)1(6)7/h2-7,24H,1,9-14H2;(H,6,7). The predicted molar refractivity (Wildman–Crippen MR) is 121 cm³/mol. The van der Waals surface area contributed by atoms with E-state index in [1.54, 1.807) is 12.1 Å². The highest BCUT2D eigenvalue weighted by atomic mass is 19.4. The fraction of sp³-hybridized carbons (Fsp3) is 0.348. The predicted octanol–water partition coefficient (Wildman–Crippen LogP) is 3.30. The third-order valence-corrected chi connectivity index (χ3v) is 4.96. The maximum Gasteiger partial charge on any atom is 0.490 e. The zero-order valence-corrected chi connectivity index (χ0v) is 18.9. The van der Waals surface area contributed by atoms with Crippen molar-refractivity contribution in [2.45, 2.75) is 19.1 Å². The van der Waals surface area contributed by atoms with Crippen LogP contribution >= 0.6 is 0 Å². The largest absolute Gasteiger partial charge is 0.490 e. The molecule has 0 bridgehead atoms. The number of carboxylic acids is 1. The van der Waals surface area contributed by atoms with Crippen LogP contribution in [0.15, 0.2) is 36.4 Å². The molecule has 9 nitrogen and oxygen atoms in total. The summed E-state index contributed by atoms with van der Waals surface area (Å²) in [6.07, 6.45) is -4.65. The minimum Gasteiger partial charge on any atom is -0.475 e. The van der Waals surface area contributed by atoms with Crippen molar-refractivity contribution in [1.29, 1.82) is 5.26 Å². The molecule has 2 aromatic heterocycles. The number of benzene rings is 1. The first-order valence-electron chi connectivity index (χ1n) is 10.8. The van der Waals surface area contributed by atoms with Crippen LogP contribution in [0, 0.1) is 17.1 Å². The second-order valence-electron chi connectivity index (χ2n) is 7.52. The van der Waals surface area contributed by atoms with Gasteiger partial charge in [-0.2, -0.15) is 18.4 Å². The number of carbonyl (C=O) groups is 1. The SMILES string of the molecule is N#CCCNCc1nc(N2CCOCC2)c2nc(-c3ccc(F)cc3)ccc2n1.O=C(O)C(F)(F)F. The van der Waals surface area contributed by atoms with Gasteiger partial charge < -0.3 is 20.1 Å². The van der Waals surface area contributed by atoms with Crippen molar-refractivity contribution in [2.24, 2.45) is 0 Å². The third kappa shape index (κ3) is 7.30. The van der Waals surface area contributed by atoms with E-state index in [0.717, 1.165) is 41.2 Å². The molecule has 1 aromatic carbocycles. The zero-order valence-electron chi connectivity index (χ0n) is 18.9. The number of nitrogens with zero attached hydrogens (tertiary/aromatic N) is 5. The normalized spacial score (nSPS) is 13.6. The van der Waals surface area contributed by atoms with Crippen LogP contribution in [-0.2, 0) is 16.1 Å². The maximum atomic E-state index is 13.3. The summed E-state index contributed by atoms with van der Waals surface area (Å²) in [5.41, 5.74) is 3.05. The van der Waals surface area contributed by atoms with Crippen molar-refractivity contribution in [1.82, 2.24) is 20.3 Å². The molecule has 1 aliphatic heterocycles. The zero-order chi connectivity index (χ0) is 26.1. The van der Waals surface area contributed by atoms with Gasteiger partial charge >= 0.3 is 12.1 Å². The Kier molecular flexibility index (Phi) is 9.04. The van der Waals surface area contributed by atoms with Crippen LogP contribution in [0.5, 0.6) is 0 Å². The second-order valence-corrected chi connectivity index (χ2v) is 7.52. The minimum absolute atomic E-state index is 0.277. The van der Waals surface area contributed by atoms with Crippen LogP contribution in [0.2, 0.25) is 0 Å². The number of morpholine rings is 1. The molecule has 0 spiro atoms.